The van der Waals surface area contributed by atoms with Gasteiger partial charge in [0.05, 0.1) is 26.2 Å². The number of hydrogen-bond donors (Lipinski definition) is 0. The average Bonchev–Trinajstić information content (AvgIpc) is 2.67. The number of ether oxygens (including phenoxy) is 2. The van der Waals surface area contributed by atoms with Gasteiger partial charge in [0.25, 0.3) is 5.91 Å². The summed E-state index contributed by atoms with van der Waals surface area (Å²) in [6.07, 6.45) is 1.71. The van der Waals surface area contributed by atoms with E-state index in [4.69, 9.17) is 9.47 Å². The van der Waals surface area contributed by atoms with E-state index in [1.807, 2.05) is 4.90 Å². The lowest BCUT2D eigenvalue weighted by molar-refractivity contribution is -0.141. The first-order chi connectivity index (χ1) is 11.7. The van der Waals surface area contributed by atoms with Crippen LogP contribution in [-0.2, 0) is 9.53 Å². The third kappa shape index (κ3) is 3.70. The second-order valence-corrected chi connectivity index (χ2v) is 6.26. The van der Waals surface area contributed by atoms with Crippen molar-refractivity contribution in [3.63, 3.8) is 0 Å². The predicted octanol–water partition coefficient (Wildman–Crippen LogP) is 1.41. The van der Waals surface area contributed by atoms with Gasteiger partial charge in [-0.15, -0.1) is 0 Å². The molecule has 2 amide bonds. The van der Waals surface area contributed by atoms with Gasteiger partial charge in [-0.3, -0.25) is 9.59 Å². The zero-order valence-electron chi connectivity index (χ0n) is 14.1. The maximum atomic E-state index is 12.7. The fourth-order valence-corrected chi connectivity index (χ4v) is 3.32. The van der Waals surface area contributed by atoms with Crippen molar-refractivity contribution >= 4 is 11.8 Å². The largest absolute Gasteiger partial charge is 0.497 e. The number of rotatable bonds is 3. The van der Waals surface area contributed by atoms with Crippen molar-refractivity contribution in [2.45, 2.75) is 12.8 Å². The van der Waals surface area contributed by atoms with Crippen LogP contribution >= 0.6 is 0 Å². The smallest absolute Gasteiger partial charge is 0.253 e. The van der Waals surface area contributed by atoms with Crippen LogP contribution in [0.2, 0.25) is 0 Å². The van der Waals surface area contributed by atoms with Crippen molar-refractivity contribution in [3.8, 4) is 5.75 Å². The summed E-state index contributed by atoms with van der Waals surface area (Å²) in [5, 5.41) is 0. The number of likely N-dealkylation sites (tertiary alicyclic amines) is 1. The molecular formula is C18H24N2O4. The fourth-order valence-electron chi connectivity index (χ4n) is 3.32. The molecule has 6 nitrogen and oxygen atoms in total. The van der Waals surface area contributed by atoms with Crippen LogP contribution in [-0.4, -0.2) is 68.1 Å². The molecule has 3 rings (SSSR count). The van der Waals surface area contributed by atoms with Gasteiger partial charge < -0.3 is 19.3 Å². The lowest BCUT2D eigenvalue weighted by Crippen LogP contribution is -2.49. The highest BCUT2D eigenvalue weighted by Gasteiger charge is 2.32. The molecule has 0 saturated carbocycles. The lowest BCUT2D eigenvalue weighted by Gasteiger charge is -2.36. The van der Waals surface area contributed by atoms with E-state index in [0.717, 1.165) is 18.6 Å². The Hall–Kier alpha value is -2.08. The maximum absolute atomic E-state index is 12.7. The molecule has 2 fully saturated rings. The van der Waals surface area contributed by atoms with E-state index in [9.17, 15) is 9.59 Å². The topological polar surface area (TPSA) is 59.1 Å². The van der Waals surface area contributed by atoms with Crippen molar-refractivity contribution in [1.82, 2.24) is 9.80 Å². The number of carbonyl (C=O) groups excluding carboxylic acids is 2. The lowest BCUT2D eigenvalue weighted by atomic mass is 9.95. The Labute approximate surface area is 142 Å². The second kappa shape index (κ2) is 7.66. The molecule has 130 valence electrons. The molecule has 2 aliphatic heterocycles. The molecule has 0 aliphatic carbocycles. The van der Waals surface area contributed by atoms with E-state index in [1.54, 1.807) is 36.3 Å². The summed E-state index contributed by atoms with van der Waals surface area (Å²) >= 11 is 0. The highest BCUT2D eigenvalue weighted by atomic mass is 16.5. The number of hydrogen-bond acceptors (Lipinski definition) is 4. The molecule has 6 heteroatoms. The van der Waals surface area contributed by atoms with Crippen molar-refractivity contribution in [2.75, 3.05) is 46.5 Å². The monoisotopic (exact) mass is 332 g/mol. The Morgan fingerprint density at radius 3 is 2.46 bits per heavy atom. The van der Waals surface area contributed by atoms with Crippen LogP contribution in [0.4, 0.5) is 0 Å². The third-order valence-corrected chi connectivity index (χ3v) is 4.72. The molecule has 2 aliphatic rings. The number of piperidine rings is 1. The quantitative estimate of drug-likeness (QED) is 0.840. The Morgan fingerprint density at radius 1 is 1.08 bits per heavy atom. The van der Waals surface area contributed by atoms with E-state index in [2.05, 4.69) is 0 Å². The first-order valence-corrected chi connectivity index (χ1v) is 8.49. The predicted molar refractivity (Wildman–Crippen MR) is 89.0 cm³/mol. The van der Waals surface area contributed by atoms with Crippen LogP contribution in [0.25, 0.3) is 0 Å². The van der Waals surface area contributed by atoms with E-state index in [1.165, 1.54) is 0 Å². The molecule has 1 aromatic rings. The van der Waals surface area contributed by atoms with Crippen LogP contribution in [0.5, 0.6) is 5.75 Å². The molecule has 0 radical (unpaired) electrons. The highest BCUT2D eigenvalue weighted by Crippen LogP contribution is 2.22. The van der Waals surface area contributed by atoms with Gasteiger partial charge in [-0.2, -0.15) is 0 Å². The van der Waals surface area contributed by atoms with E-state index in [-0.39, 0.29) is 17.7 Å². The minimum atomic E-state index is -0.0981. The summed E-state index contributed by atoms with van der Waals surface area (Å²) in [5.41, 5.74) is 0.635. The zero-order valence-corrected chi connectivity index (χ0v) is 14.1. The number of nitrogens with zero attached hydrogens (tertiary/aromatic N) is 2. The first kappa shape index (κ1) is 16.8. The van der Waals surface area contributed by atoms with Crippen LogP contribution in [0.15, 0.2) is 24.3 Å². The standard InChI is InChI=1S/C18H24N2O4/c1-23-16-6-4-14(5-7-16)17(21)20-8-2-3-15(13-20)18(22)19-9-11-24-12-10-19/h4-7,15H,2-3,8-13H2,1H3/t15-/m0/s1. The van der Waals surface area contributed by atoms with Gasteiger partial charge in [0.1, 0.15) is 5.75 Å². The Morgan fingerprint density at radius 2 is 1.79 bits per heavy atom. The SMILES string of the molecule is COc1ccc(C(=O)N2CCC[C@H](C(=O)N3CCOCC3)C2)cc1. The van der Waals surface area contributed by atoms with Crippen LogP contribution in [0.1, 0.15) is 23.2 Å². The van der Waals surface area contributed by atoms with Gasteiger partial charge in [-0.05, 0) is 37.1 Å². The Kier molecular flexibility index (Phi) is 5.35. The second-order valence-electron chi connectivity index (χ2n) is 6.26. The van der Waals surface area contributed by atoms with E-state index >= 15 is 0 Å². The molecule has 0 N–H and O–H groups in total. The highest BCUT2D eigenvalue weighted by molar-refractivity contribution is 5.94. The van der Waals surface area contributed by atoms with Gasteiger partial charge in [0.15, 0.2) is 0 Å². The molecule has 2 heterocycles. The molecule has 0 spiro atoms. The number of morpholine rings is 1. The maximum Gasteiger partial charge on any atom is 0.253 e. The molecule has 0 bridgehead atoms. The van der Waals surface area contributed by atoms with Crippen LogP contribution < -0.4 is 4.74 Å². The zero-order chi connectivity index (χ0) is 16.9. The summed E-state index contributed by atoms with van der Waals surface area (Å²) in [6.45, 7) is 3.72. The Bertz CT molecular complexity index is 581. The summed E-state index contributed by atoms with van der Waals surface area (Å²) in [6, 6.07) is 7.12. The van der Waals surface area contributed by atoms with Crippen molar-refractivity contribution in [1.29, 1.82) is 0 Å². The number of carbonyl (C=O) groups is 2. The molecule has 1 aromatic carbocycles. The van der Waals surface area contributed by atoms with Gasteiger partial charge in [0.2, 0.25) is 5.91 Å². The molecule has 1 atom stereocenters. The summed E-state index contributed by atoms with van der Waals surface area (Å²) in [7, 11) is 1.60. The normalized spacial score (nSPS) is 21.5. The van der Waals surface area contributed by atoms with E-state index in [0.29, 0.717) is 45.0 Å². The summed E-state index contributed by atoms with van der Waals surface area (Å²) in [5.74, 6) is 0.771. The van der Waals surface area contributed by atoms with Gasteiger partial charge in [-0.25, -0.2) is 0 Å². The Balaban J connectivity index is 1.63. The minimum Gasteiger partial charge on any atom is -0.497 e. The summed E-state index contributed by atoms with van der Waals surface area (Å²) in [4.78, 5) is 29.0. The molecule has 24 heavy (non-hydrogen) atoms. The average molecular weight is 332 g/mol. The molecular weight excluding hydrogens is 308 g/mol. The summed E-state index contributed by atoms with van der Waals surface area (Å²) < 4.78 is 10.4. The van der Waals surface area contributed by atoms with Gasteiger partial charge >= 0.3 is 0 Å². The van der Waals surface area contributed by atoms with Crippen molar-refractivity contribution in [3.05, 3.63) is 29.8 Å². The van der Waals surface area contributed by atoms with Gasteiger partial charge in [0, 0.05) is 31.7 Å². The van der Waals surface area contributed by atoms with Crippen LogP contribution in [0.3, 0.4) is 0 Å². The fraction of sp³-hybridized carbons (Fsp3) is 0.556. The minimum absolute atomic E-state index is 0.0165. The third-order valence-electron chi connectivity index (χ3n) is 4.72. The first-order valence-electron chi connectivity index (χ1n) is 8.49. The number of amides is 2. The van der Waals surface area contributed by atoms with E-state index < -0.39 is 0 Å². The van der Waals surface area contributed by atoms with Crippen molar-refractivity contribution in [2.24, 2.45) is 5.92 Å². The van der Waals surface area contributed by atoms with Crippen LogP contribution in [0, 0.1) is 5.92 Å². The molecule has 0 aromatic heterocycles. The molecule has 2 saturated heterocycles. The van der Waals surface area contributed by atoms with Gasteiger partial charge in [-0.1, -0.05) is 0 Å². The molecule has 0 unspecified atom stereocenters. The number of methoxy groups -OCH3 is 1. The van der Waals surface area contributed by atoms with Crippen molar-refractivity contribution < 1.29 is 19.1 Å². The number of benzene rings is 1.